The molecule has 0 aliphatic heterocycles. The molecule has 0 aliphatic rings. The summed E-state index contributed by atoms with van der Waals surface area (Å²) in [6.07, 6.45) is 0. The molecule has 0 heterocycles. The van der Waals surface area contributed by atoms with Gasteiger partial charge in [0, 0.05) is 0 Å². The Morgan fingerprint density at radius 1 is 0.591 bits per heavy atom. The van der Waals surface area contributed by atoms with Crippen molar-refractivity contribution in [2.24, 2.45) is 0 Å². The van der Waals surface area contributed by atoms with Crippen molar-refractivity contribution in [3.63, 3.8) is 0 Å². The molecular weight excluding hydrogens is 535 g/mol. The molecular formula is C6H15LuO12S3. The summed E-state index contributed by atoms with van der Waals surface area (Å²) in [6.45, 7) is 4.00. The Labute approximate surface area is 159 Å². The van der Waals surface area contributed by atoms with Crippen LogP contribution in [0.4, 0.5) is 0 Å². The third kappa shape index (κ3) is 49.8. The van der Waals surface area contributed by atoms with Gasteiger partial charge in [-0.1, -0.05) is 0 Å². The normalized spacial score (nSPS) is 11.2. The molecule has 0 spiro atoms. The van der Waals surface area contributed by atoms with Crippen LogP contribution in [0.3, 0.4) is 0 Å². The average Bonchev–Trinajstić information content (AvgIpc) is 2.12. The Bertz CT molecular complexity index is 455. The summed E-state index contributed by atoms with van der Waals surface area (Å²) >= 11 is 0. The molecule has 0 N–H and O–H groups in total. The first-order valence-corrected chi connectivity index (χ1v) is 8.99. The summed E-state index contributed by atoms with van der Waals surface area (Å²) in [6, 6.07) is 0. The maximum absolute atomic E-state index is 9.45. The van der Waals surface area contributed by atoms with Crippen molar-refractivity contribution in [1.29, 1.82) is 0 Å². The van der Waals surface area contributed by atoms with Gasteiger partial charge in [-0.05, 0) is 20.8 Å². The van der Waals surface area contributed by atoms with Crippen molar-refractivity contribution in [1.82, 2.24) is 0 Å². The Balaban J connectivity index is -0.000000108. The van der Waals surface area contributed by atoms with E-state index < -0.39 is 31.2 Å². The monoisotopic (exact) mass is 550 g/mol. The van der Waals surface area contributed by atoms with Crippen molar-refractivity contribution >= 4 is 31.2 Å². The molecule has 0 amide bonds. The second-order valence-electron chi connectivity index (χ2n) is 2.44. The molecule has 0 fully saturated rings. The zero-order chi connectivity index (χ0) is 17.7. The van der Waals surface area contributed by atoms with Crippen LogP contribution in [0.2, 0.25) is 0 Å². The molecule has 0 rings (SSSR count). The fraction of sp³-hybridized carbons (Fsp3) is 1.00. The van der Waals surface area contributed by atoms with Crippen LogP contribution in [-0.2, 0) is 43.7 Å². The zero-order valence-electron chi connectivity index (χ0n) is 11.5. The molecule has 0 atom stereocenters. The smallest absolute Gasteiger partial charge is 0.726 e. The quantitative estimate of drug-likeness (QED) is 0.273. The van der Waals surface area contributed by atoms with E-state index in [-0.39, 0.29) is 56.7 Å². The first kappa shape index (κ1) is 30.7. The maximum Gasteiger partial charge on any atom is 3.00 e. The van der Waals surface area contributed by atoms with Crippen LogP contribution in [0.5, 0.6) is 0 Å². The van der Waals surface area contributed by atoms with Gasteiger partial charge in [-0.25, -0.2) is 25.3 Å². The molecule has 16 heteroatoms. The molecule has 0 saturated carbocycles. The Morgan fingerprint density at radius 2 is 0.727 bits per heavy atom. The summed E-state index contributed by atoms with van der Waals surface area (Å²) in [5.74, 6) is 0. The van der Waals surface area contributed by atoms with Crippen molar-refractivity contribution < 1.29 is 88.3 Å². The van der Waals surface area contributed by atoms with Gasteiger partial charge in [-0.2, -0.15) is 0 Å². The van der Waals surface area contributed by atoms with Gasteiger partial charge < -0.3 is 13.7 Å². The topological polar surface area (TPSA) is 199 Å². The van der Waals surface area contributed by atoms with E-state index in [9.17, 15) is 38.9 Å². The van der Waals surface area contributed by atoms with E-state index in [1.165, 1.54) is 20.8 Å². The van der Waals surface area contributed by atoms with Gasteiger partial charge in [0.15, 0.2) is 0 Å². The minimum atomic E-state index is -4.42. The molecule has 0 aromatic heterocycles. The second kappa shape index (κ2) is 15.4. The maximum atomic E-state index is 9.45. The minimum absolute atomic E-state index is 0. The molecule has 0 bridgehead atoms. The van der Waals surface area contributed by atoms with E-state index >= 15 is 0 Å². The van der Waals surface area contributed by atoms with Crippen LogP contribution in [0.15, 0.2) is 0 Å². The SMILES string of the molecule is CCOS(=O)(=O)[O-].CCOS(=O)(=O)[O-].CCOS(=O)(=O)[O-].[Lu+3]. The number of rotatable bonds is 6. The molecule has 0 radical (unpaired) electrons. The Morgan fingerprint density at radius 3 is 0.727 bits per heavy atom. The fourth-order valence-corrected chi connectivity index (χ4v) is 1.30. The number of hydrogen-bond acceptors (Lipinski definition) is 12. The van der Waals surface area contributed by atoms with E-state index in [4.69, 9.17) is 0 Å². The van der Waals surface area contributed by atoms with Crippen LogP contribution in [-0.4, -0.2) is 58.7 Å². The molecule has 0 aromatic carbocycles. The van der Waals surface area contributed by atoms with Crippen molar-refractivity contribution in [3.05, 3.63) is 0 Å². The summed E-state index contributed by atoms with van der Waals surface area (Å²) in [4.78, 5) is 0. The van der Waals surface area contributed by atoms with Gasteiger partial charge in [0.2, 0.25) is 31.2 Å². The molecule has 12 nitrogen and oxygen atoms in total. The van der Waals surface area contributed by atoms with E-state index in [0.29, 0.717) is 0 Å². The third-order valence-corrected chi connectivity index (χ3v) is 2.36. The summed E-state index contributed by atoms with van der Waals surface area (Å²) in [7, 11) is -13.3. The standard InChI is InChI=1S/3C2H6O4S.Lu/c3*1-2-6-7(3,4)5;/h3*2H2,1H3,(H,3,4,5);/q;;;+3/p-3. The van der Waals surface area contributed by atoms with Gasteiger partial charge in [-0.3, -0.25) is 12.5 Å². The average molecular weight is 550 g/mol. The van der Waals surface area contributed by atoms with Crippen LogP contribution in [0.25, 0.3) is 0 Å². The van der Waals surface area contributed by atoms with E-state index in [1.54, 1.807) is 0 Å². The predicted molar refractivity (Wildman–Crippen MR) is 64.0 cm³/mol. The van der Waals surface area contributed by atoms with Crippen molar-refractivity contribution in [2.45, 2.75) is 20.8 Å². The van der Waals surface area contributed by atoms with Crippen LogP contribution >= 0.6 is 0 Å². The minimum Gasteiger partial charge on any atom is -0.726 e. The Kier molecular flexibility index (Phi) is 21.5. The second-order valence-corrected chi connectivity index (χ2v) is 5.60. The van der Waals surface area contributed by atoms with E-state index in [1.807, 2.05) is 0 Å². The molecule has 0 aromatic rings. The summed E-state index contributed by atoms with van der Waals surface area (Å²) in [5.41, 5.74) is 0. The van der Waals surface area contributed by atoms with Gasteiger partial charge in [0.1, 0.15) is 0 Å². The third-order valence-electron chi connectivity index (χ3n) is 0.787. The van der Waals surface area contributed by atoms with Crippen molar-refractivity contribution in [3.8, 4) is 0 Å². The fourth-order valence-electron chi connectivity index (χ4n) is 0.433. The largest absolute Gasteiger partial charge is 3.00 e. The summed E-state index contributed by atoms with van der Waals surface area (Å²) < 4.78 is 96.0. The van der Waals surface area contributed by atoms with Crippen molar-refractivity contribution in [2.75, 3.05) is 19.8 Å². The van der Waals surface area contributed by atoms with Gasteiger partial charge in [0.05, 0.1) is 19.8 Å². The molecule has 0 aliphatic carbocycles. The first-order chi connectivity index (χ1) is 9.18. The molecule has 22 heavy (non-hydrogen) atoms. The van der Waals surface area contributed by atoms with Gasteiger partial charge in [0.25, 0.3) is 0 Å². The molecule has 144 valence electrons. The Hall–Kier alpha value is 0.844. The van der Waals surface area contributed by atoms with Crippen LogP contribution < -0.4 is 0 Å². The van der Waals surface area contributed by atoms with Crippen LogP contribution in [0, 0.1) is 36.9 Å². The van der Waals surface area contributed by atoms with Gasteiger partial charge in [-0.15, -0.1) is 0 Å². The molecule has 0 unspecified atom stereocenters. The number of hydrogen-bond donors (Lipinski definition) is 0. The molecule has 0 saturated heterocycles. The summed E-state index contributed by atoms with van der Waals surface area (Å²) in [5, 5.41) is 0. The van der Waals surface area contributed by atoms with Crippen LogP contribution in [0.1, 0.15) is 20.8 Å². The van der Waals surface area contributed by atoms with Gasteiger partial charge >= 0.3 is 36.9 Å². The van der Waals surface area contributed by atoms with E-state index in [2.05, 4.69) is 12.5 Å². The van der Waals surface area contributed by atoms with E-state index in [0.717, 1.165) is 0 Å². The predicted octanol–water partition coefficient (Wildman–Crippen LogP) is -1.55. The first-order valence-electron chi connectivity index (χ1n) is 4.99. The zero-order valence-corrected chi connectivity index (χ0v) is 15.6.